The molecule has 0 radical (unpaired) electrons. The summed E-state index contributed by atoms with van der Waals surface area (Å²) in [5.74, 6) is -0.957. The van der Waals surface area contributed by atoms with Gasteiger partial charge in [-0.15, -0.1) is 5.10 Å². The second-order valence-electron chi connectivity index (χ2n) is 10.3. The third-order valence-corrected chi connectivity index (χ3v) is 9.93. The van der Waals surface area contributed by atoms with Gasteiger partial charge in [-0.1, -0.05) is 0 Å². The maximum absolute atomic E-state index is 13.2. The van der Waals surface area contributed by atoms with Crippen molar-refractivity contribution in [1.82, 2.24) is 20.6 Å². The quantitative estimate of drug-likeness (QED) is 0.159. The first-order chi connectivity index (χ1) is 21.8. The van der Waals surface area contributed by atoms with Crippen LogP contribution in [0.3, 0.4) is 0 Å². The molecule has 2 heterocycles. The van der Waals surface area contributed by atoms with E-state index in [9.17, 15) is 39.2 Å². The molecule has 4 rings (SSSR count). The van der Waals surface area contributed by atoms with E-state index in [1.807, 2.05) is 0 Å². The van der Waals surface area contributed by atoms with Crippen LogP contribution in [-0.2, 0) is 39.8 Å². The topological polar surface area (TPSA) is 258 Å². The zero-order chi connectivity index (χ0) is 34.9. The minimum absolute atomic E-state index is 0.146. The van der Waals surface area contributed by atoms with Gasteiger partial charge in [0.05, 0.1) is 36.9 Å². The predicted octanol–water partition coefficient (Wildman–Crippen LogP) is 0.0797. The van der Waals surface area contributed by atoms with Crippen LogP contribution in [0.4, 0.5) is 17.1 Å². The molecule has 0 saturated carbocycles. The summed E-state index contributed by atoms with van der Waals surface area (Å²) < 4.78 is 107. The van der Waals surface area contributed by atoms with Crippen LogP contribution in [0.15, 0.2) is 55.1 Å². The Labute approximate surface area is 271 Å². The van der Waals surface area contributed by atoms with Gasteiger partial charge >= 0.3 is 0 Å². The number of amides is 1. The summed E-state index contributed by atoms with van der Waals surface area (Å²) in [7, 11) is -9.43. The number of fused-ring (bicyclic) bond motifs is 1. The summed E-state index contributed by atoms with van der Waals surface area (Å²) in [4.78, 5) is 16.1. The van der Waals surface area contributed by atoms with E-state index in [0.29, 0.717) is 0 Å². The van der Waals surface area contributed by atoms with Crippen LogP contribution in [-0.4, -0.2) is 104 Å². The lowest BCUT2D eigenvalue weighted by Gasteiger charge is -2.17. The Morgan fingerprint density at radius 1 is 1.06 bits per heavy atom. The van der Waals surface area contributed by atoms with E-state index < -0.39 is 69.7 Å². The summed E-state index contributed by atoms with van der Waals surface area (Å²) in [5.41, 5.74) is 3.32. The van der Waals surface area contributed by atoms with Crippen molar-refractivity contribution >= 4 is 64.8 Å². The number of nitrogens with zero attached hydrogens (tertiary/aromatic N) is 4. The number of sulfonamides is 1. The Bertz CT molecular complexity index is 1950. The van der Waals surface area contributed by atoms with E-state index in [4.69, 9.17) is 9.47 Å². The number of anilines is 2. The fraction of sp³-hybridized carbons (Fsp3) is 0.400. The number of carbonyl (C=O) groups excluding carboxylic acids is 1. The van der Waals surface area contributed by atoms with Crippen LogP contribution in [0, 0.1) is 0 Å². The van der Waals surface area contributed by atoms with E-state index in [1.165, 1.54) is 22.2 Å². The standard InChI is InChI=1S/C25H34N8O11S3/c1-6-44-25-23(28-15-7-8-17(32(3)4)20(11-15)47(40,41)42)24-29-22(30-33(24)31-25)9-10-26-45(35,36)21-12-16(27-14(2)34)19(46(37,38)39)13-18(21)43-5/h7-8,11-13,22,24,26,29-30H,6,9-10H2,1-5H3,(H,27,34)(H,37,38,39)(H,40,41,42). The summed E-state index contributed by atoms with van der Waals surface area (Å²) in [6.07, 6.45) is -1.11. The van der Waals surface area contributed by atoms with Crippen molar-refractivity contribution in [1.29, 1.82) is 0 Å². The number of ether oxygens (including phenoxy) is 2. The summed E-state index contributed by atoms with van der Waals surface area (Å²) in [6, 6.07) is 5.91. The highest BCUT2D eigenvalue weighted by Gasteiger charge is 2.42. The van der Waals surface area contributed by atoms with Gasteiger partial charge < -0.3 is 19.7 Å². The van der Waals surface area contributed by atoms with Gasteiger partial charge in [-0.25, -0.2) is 23.3 Å². The Hall–Kier alpha value is -3.90. The maximum atomic E-state index is 13.2. The zero-order valence-corrected chi connectivity index (χ0v) is 28.2. The normalized spacial score (nSPS) is 19.0. The second-order valence-corrected chi connectivity index (χ2v) is 14.8. The number of hydrazine groups is 1. The van der Waals surface area contributed by atoms with Crippen LogP contribution in [0.2, 0.25) is 0 Å². The highest BCUT2D eigenvalue weighted by Crippen LogP contribution is 2.34. The Kier molecular flexibility index (Phi) is 10.5. The number of rotatable bonds is 12. The molecule has 2 aromatic rings. The van der Waals surface area contributed by atoms with Crippen molar-refractivity contribution in [3.05, 3.63) is 30.3 Å². The molecule has 1 amide bonds. The first-order valence-corrected chi connectivity index (χ1v) is 18.1. The van der Waals surface area contributed by atoms with Crippen LogP contribution in [0.1, 0.15) is 20.3 Å². The molecule has 2 aromatic carbocycles. The Morgan fingerprint density at radius 3 is 2.32 bits per heavy atom. The van der Waals surface area contributed by atoms with Gasteiger partial charge in [0.25, 0.3) is 26.1 Å². The summed E-state index contributed by atoms with van der Waals surface area (Å²) >= 11 is 0. The molecule has 22 heteroatoms. The van der Waals surface area contributed by atoms with E-state index in [-0.39, 0.29) is 47.5 Å². The minimum Gasteiger partial charge on any atom is -0.495 e. The van der Waals surface area contributed by atoms with Crippen LogP contribution >= 0.6 is 0 Å². The van der Waals surface area contributed by atoms with E-state index >= 15 is 0 Å². The van der Waals surface area contributed by atoms with Gasteiger partial charge in [0.2, 0.25) is 15.9 Å². The third-order valence-electron chi connectivity index (χ3n) is 6.67. The summed E-state index contributed by atoms with van der Waals surface area (Å²) in [6.45, 7) is 2.92. The number of aliphatic imine (C=N–C) groups is 1. The number of carbonyl (C=O) groups is 1. The maximum Gasteiger partial charge on any atom is 0.296 e. The molecule has 0 aromatic heterocycles. The predicted molar refractivity (Wildman–Crippen MR) is 169 cm³/mol. The van der Waals surface area contributed by atoms with Crippen molar-refractivity contribution in [2.24, 2.45) is 10.1 Å². The number of nitrogens with one attached hydrogen (secondary N) is 4. The van der Waals surface area contributed by atoms with E-state index in [1.54, 1.807) is 27.1 Å². The molecular formula is C25H34N8O11S3. The number of hydrogen-bond acceptors (Lipinski definition) is 15. The SMILES string of the molecule is CCOC1=NN2NC(CCNS(=O)(=O)c3cc(NC(C)=O)c(S(=O)(=O)O)cc3OC)NC2C1=Nc1ccc(N(C)C)c(S(=O)(=O)O)c1. The van der Waals surface area contributed by atoms with Crippen molar-refractivity contribution in [2.75, 3.05) is 44.6 Å². The molecule has 1 fully saturated rings. The number of hydrogen-bond donors (Lipinski definition) is 6. The highest BCUT2D eigenvalue weighted by atomic mass is 32.2. The lowest BCUT2D eigenvalue weighted by atomic mass is 10.2. The van der Waals surface area contributed by atoms with Gasteiger partial charge in [-0.05, 0) is 37.6 Å². The minimum atomic E-state index is -4.86. The fourth-order valence-electron chi connectivity index (χ4n) is 4.69. The Morgan fingerprint density at radius 2 is 1.74 bits per heavy atom. The number of benzene rings is 2. The van der Waals surface area contributed by atoms with Gasteiger partial charge in [0.1, 0.15) is 26.1 Å². The van der Waals surface area contributed by atoms with Crippen molar-refractivity contribution in [3.8, 4) is 5.75 Å². The number of hydrazone groups is 1. The first kappa shape index (κ1) is 35.9. The molecule has 2 unspecified atom stereocenters. The first-order valence-electron chi connectivity index (χ1n) is 13.7. The fourth-order valence-corrected chi connectivity index (χ4v) is 7.34. The monoisotopic (exact) mass is 718 g/mol. The van der Waals surface area contributed by atoms with Gasteiger partial charge in [0, 0.05) is 33.6 Å². The Balaban J connectivity index is 1.53. The van der Waals surface area contributed by atoms with Gasteiger partial charge in [-0.2, -0.15) is 22.3 Å². The lowest BCUT2D eigenvalue weighted by Crippen LogP contribution is -2.41. The van der Waals surface area contributed by atoms with Gasteiger partial charge in [-0.3, -0.25) is 19.2 Å². The molecule has 2 aliphatic rings. The lowest BCUT2D eigenvalue weighted by molar-refractivity contribution is -0.114. The largest absolute Gasteiger partial charge is 0.495 e. The van der Waals surface area contributed by atoms with Crippen molar-refractivity contribution < 1.29 is 48.6 Å². The van der Waals surface area contributed by atoms with Crippen LogP contribution in [0.5, 0.6) is 5.75 Å². The molecule has 47 heavy (non-hydrogen) atoms. The van der Waals surface area contributed by atoms with Crippen molar-refractivity contribution in [2.45, 2.75) is 47.3 Å². The molecule has 1 saturated heterocycles. The smallest absolute Gasteiger partial charge is 0.296 e. The molecule has 2 aliphatic heterocycles. The highest BCUT2D eigenvalue weighted by molar-refractivity contribution is 7.89. The molecule has 19 nitrogen and oxygen atoms in total. The zero-order valence-electron chi connectivity index (χ0n) is 25.7. The molecule has 0 aliphatic carbocycles. The van der Waals surface area contributed by atoms with E-state index in [2.05, 4.69) is 30.9 Å². The summed E-state index contributed by atoms with van der Waals surface area (Å²) in [5, 5.41) is 11.2. The van der Waals surface area contributed by atoms with Crippen molar-refractivity contribution in [3.63, 3.8) is 0 Å². The molecule has 2 atom stereocenters. The molecule has 0 spiro atoms. The average Bonchev–Trinajstić information content (AvgIpc) is 3.49. The molecular weight excluding hydrogens is 685 g/mol. The van der Waals surface area contributed by atoms with Crippen LogP contribution < -0.4 is 30.4 Å². The van der Waals surface area contributed by atoms with E-state index in [0.717, 1.165) is 26.2 Å². The third kappa shape index (κ3) is 8.16. The average molecular weight is 719 g/mol. The molecule has 0 bridgehead atoms. The molecule has 6 N–H and O–H groups in total. The van der Waals surface area contributed by atoms with Crippen LogP contribution in [0.25, 0.3) is 0 Å². The number of methoxy groups -OCH3 is 1. The second kappa shape index (κ2) is 13.7. The molecule has 258 valence electrons. The van der Waals surface area contributed by atoms with Gasteiger partial charge in [0.15, 0.2) is 6.17 Å².